The average Bonchev–Trinajstić information content (AvgIpc) is 3.02. The van der Waals surface area contributed by atoms with E-state index in [0.29, 0.717) is 5.56 Å². The Morgan fingerprint density at radius 1 is 1.10 bits per heavy atom. The van der Waals surface area contributed by atoms with E-state index in [-0.39, 0.29) is 5.91 Å². The first-order chi connectivity index (χ1) is 10.2. The number of aromatic nitrogens is 2. The maximum atomic E-state index is 12.3. The molecule has 4 heteroatoms. The van der Waals surface area contributed by atoms with Crippen molar-refractivity contribution in [2.24, 2.45) is 0 Å². The fourth-order valence-corrected chi connectivity index (χ4v) is 2.17. The molecule has 1 N–H and O–H groups in total. The normalized spacial score (nSPS) is 10.3. The molecule has 3 rings (SSSR count). The Morgan fingerprint density at radius 2 is 1.95 bits per heavy atom. The van der Waals surface area contributed by atoms with Crippen molar-refractivity contribution < 1.29 is 4.79 Å². The van der Waals surface area contributed by atoms with Gasteiger partial charge in [-0.25, -0.2) is 4.68 Å². The van der Waals surface area contributed by atoms with Crippen LogP contribution >= 0.6 is 0 Å². The number of hydrogen-bond acceptors (Lipinski definition) is 2. The zero-order valence-electron chi connectivity index (χ0n) is 11.7. The Morgan fingerprint density at radius 3 is 2.71 bits per heavy atom. The Bertz CT molecular complexity index is 763. The van der Waals surface area contributed by atoms with E-state index in [1.54, 1.807) is 16.9 Å². The number of rotatable bonds is 3. The average molecular weight is 277 g/mol. The summed E-state index contributed by atoms with van der Waals surface area (Å²) in [5, 5.41) is 7.15. The molecule has 1 aromatic heterocycles. The first kappa shape index (κ1) is 13.1. The standard InChI is InChI=1S/C17H15N3O/c1-13-6-4-7-14(12-13)17(21)19-15-8-2-3-9-16(15)20-11-5-10-18-20/h2-12H,1H3,(H,19,21). The number of amides is 1. The lowest BCUT2D eigenvalue weighted by molar-refractivity contribution is 0.102. The lowest BCUT2D eigenvalue weighted by atomic mass is 10.1. The van der Waals surface area contributed by atoms with Crippen LogP contribution in [0.5, 0.6) is 0 Å². The van der Waals surface area contributed by atoms with Crippen molar-refractivity contribution in [2.75, 3.05) is 5.32 Å². The van der Waals surface area contributed by atoms with Gasteiger partial charge in [0.15, 0.2) is 0 Å². The Hall–Kier alpha value is -2.88. The molecule has 0 spiro atoms. The van der Waals surface area contributed by atoms with Crippen molar-refractivity contribution in [1.29, 1.82) is 0 Å². The molecule has 4 nitrogen and oxygen atoms in total. The molecule has 0 atom stereocenters. The lowest BCUT2D eigenvalue weighted by Crippen LogP contribution is -2.14. The lowest BCUT2D eigenvalue weighted by Gasteiger charge is -2.11. The summed E-state index contributed by atoms with van der Waals surface area (Å²) in [5.74, 6) is -0.127. The minimum absolute atomic E-state index is 0.127. The largest absolute Gasteiger partial charge is 0.320 e. The highest BCUT2D eigenvalue weighted by Crippen LogP contribution is 2.20. The van der Waals surface area contributed by atoms with E-state index < -0.39 is 0 Å². The third-order valence-electron chi connectivity index (χ3n) is 3.18. The topological polar surface area (TPSA) is 46.9 Å². The highest BCUT2D eigenvalue weighted by atomic mass is 16.1. The van der Waals surface area contributed by atoms with Gasteiger partial charge in [-0.2, -0.15) is 5.10 Å². The van der Waals surface area contributed by atoms with E-state index in [0.717, 1.165) is 16.9 Å². The summed E-state index contributed by atoms with van der Waals surface area (Å²) in [4.78, 5) is 12.3. The van der Waals surface area contributed by atoms with Gasteiger partial charge in [-0.05, 0) is 37.3 Å². The van der Waals surface area contributed by atoms with E-state index in [1.165, 1.54) is 0 Å². The van der Waals surface area contributed by atoms with Gasteiger partial charge in [0.05, 0.1) is 11.4 Å². The van der Waals surface area contributed by atoms with Gasteiger partial charge >= 0.3 is 0 Å². The first-order valence-corrected chi connectivity index (χ1v) is 6.71. The van der Waals surface area contributed by atoms with Crippen molar-refractivity contribution in [3.63, 3.8) is 0 Å². The highest BCUT2D eigenvalue weighted by molar-refractivity contribution is 6.05. The smallest absolute Gasteiger partial charge is 0.255 e. The van der Waals surface area contributed by atoms with Gasteiger partial charge in [0, 0.05) is 18.0 Å². The second kappa shape index (κ2) is 5.63. The Kier molecular flexibility index (Phi) is 3.51. The van der Waals surface area contributed by atoms with Crippen LogP contribution < -0.4 is 5.32 Å². The number of carbonyl (C=O) groups excluding carboxylic acids is 1. The van der Waals surface area contributed by atoms with Crippen molar-refractivity contribution in [1.82, 2.24) is 9.78 Å². The number of anilines is 1. The highest BCUT2D eigenvalue weighted by Gasteiger charge is 2.10. The van der Waals surface area contributed by atoms with E-state index in [1.807, 2.05) is 61.7 Å². The fraction of sp³-hybridized carbons (Fsp3) is 0.0588. The summed E-state index contributed by atoms with van der Waals surface area (Å²) < 4.78 is 1.73. The molecular formula is C17H15N3O. The number of para-hydroxylation sites is 2. The van der Waals surface area contributed by atoms with E-state index in [2.05, 4.69) is 10.4 Å². The van der Waals surface area contributed by atoms with Crippen LogP contribution in [-0.4, -0.2) is 15.7 Å². The molecule has 0 aliphatic rings. The number of hydrogen-bond donors (Lipinski definition) is 1. The summed E-state index contributed by atoms with van der Waals surface area (Å²) in [7, 11) is 0. The Balaban J connectivity index is 1.90. The Labute approximate surface area is 123 Å². The zero-order valence-corrected chi connectivity index (χ0v) is 11.7. The van der Waals surface area contributed by atoms with Crippen molar-refractivity contribution >= 4 is 11.6 Å². The summed E-state index contributed by atoms with van der Waals surface area (Å²) >= 11 is 0. The van der Waals surface area contributed by atoms with E-state index >= 15 is 0 Å². The third-order valence-corrected chi connectivity index (χ3v) is 3.18. The maximum Gasteiger partial charge on any atom is 0.255 e. The summed E-state index contributed by atoms with van der Waals surface area (Å²) in [5.41, 5.74) is 3.27. The number of benzene rings is 2. The minimum Gasteiger partial charge on any atom is -0.320 e. The molecule has 0 aliphatic heterocycles. The van der Waals surface area contributed by atoms with Gasteiger partial charge in [0.1, 0.15) is 0 Å². The summed E-state index contributed by atoms with van der Waals surface area (Å²) in [6, 6.07) is 16.9. The molecule has 2 aromatic carbocycles. The second-order valence-electron chi connectivity index (χ2n) is 4.79. The van der Waals surface area contributed by atoms with Crippen LogP contribution in [0.25, 0.3) is 5.69 Å². The molecular weight excluding hydrogens is 262 g/mol. The number of nitrogens with one attached hydrogen (secondary N) is 1. The van der Waals surface area contributed by atoms with Gasteiger partial charge < -0.3 is 5.32 Å². The van der Waals surface area contributed by atoms with Crippen LogP contribution in [0.15, 0.2) is 67.0 Å². The summed E-state index contributed by atoms with van der Waals surface area (Å²) in [6.07, 6.45) is 3.55. The number of carbonyl (C=O) groups is 1. The zero-order chi connectivity index (χ0) is 14.7. The van der Waals surface area contributed by atoms with Crippen molar-refractivity contribution in [3.8, 4) is 5.69 Å². The fourth-order valence-electron chi connectivity index (χ4n) is 2.17. The maximum absolute atomic E-state index is 12.3. The quantitative estimate of drug-likeness (QED) is 0.797. The van der Waals surface area contributed by atoms with Gasteiger partial charge in [0.25, 0.3) is 5.91 Å². The molecule has 0 radical (unpaired) electrons. The van der Waals surface area contributed by atoms with E-state index in [4.69, 9.17) is 0 Å². The van der Waals surface area contributed by atoms with Gasteiger partial charge in [-0.3, -0.25) is 4.79 Å². The van der Waals surface area contributed by atoms with Crippen LogP contribution in [0.3, 0.4) is 0 Å². The number of aryl methyl sites for hydroxylation is 1. The first-order valence-electron chi connectivity index (χ1n) is 6.71. The van der Waals surface area contributed by atoms with Crippen LogP contribution in [0.4, 0.5) is 5.69 Å². The van der Waals surface area contributed by atoms with Crippen LogP contribution in [0.2, 0.25) is 0 Å². The van der Waals surface area contributed by atoms with Crippen LogP contribution in [-0.2, 0) is 0 Å². The SMILES string of the molecule is Cc1cccc(C(=O)Nc2ccccc2-n2cccn2)c1. The van der Waals surface area contributed by atoms with Gasteiger partial charge in [0.2, 0.25) is 0 Å². The summed E-state index contributed by atoms with van der Waals surface area (Å²) in [6.45, 7) is 1.97. The molecule has 0 fully saturated rings. The second-order valence-corrected chi connectivity index (χ2v) is 4.79. The van der Waals surface area contributed by atoms with E-state index in [9.17, 15) is 4.79 Å². The molecule has 1 amide bonds. The molecule has 1 heterocycles. The molecule has 21 heavy (non-hydrogen) atoms. The molecule has 0 bridgehead atoms. The van der Waals surface area contributed by atoms with Crippen LogP contribution in [0.1, 0.15) is 15.9 Å². The molecule has 3 aromatic rings. The molecule has 0 saturated carbocycles. The minimum atomic E-state index is -0.127. The van der Waals surface area contributed by atoms with Gasteiger partial charge in [-0.1, -0.05) is 29.8 Å². The molecule has 104 valence electrons. The number of nitrogens with zero attached hydrogens (tertiary/aromatic N) is 2. The van der Waals surface area contributed by atoms with Gasteiger partial charge in [-0.15, -0.1) is 0 Å². The molecule has 0 unspecified atom stereocenters. The van der Waals surface area contributed by atoms with Crippen molar-refractivity contribution in [2.45, 2.75) is 6.92 Å². The molecule has 0 aliphatic carbocycles. The predicted molar refractivity (Wildman–Crippen MR) is 82.7 cm³/mol. The predicted octanol–water partition coefficient (Wildman–Crippen LogP) is 3.43. The third kappa shape index (κ3) is 2.84. The van der Waals surface area contributed by atoms with Crippen molar-refractivity contribution in [3.05, 3.63) is 78.1 Å². The van der Waals surface area contributed by atoms with Crippen LogP contribution in [0, 0.1) is 6.92 Å². The molecule has 0 saturated heterocycles. The monoisotopic (exact) mass is 277 g/mol.